The number of β-lactam (4-membered cyclic amide) rings is 1. The summed E-state index contributed by atoms with van der Waals surface area (Å²) in [5, 5.41) is 0. The van der Waals surface area contributed by atoms with Crippen molar-refractivity contribution in [3.63, 3.8) is 0 Å². The molecule has 0 N–H and O–H groups in total. The lowest BCUT2D eigenvalue weighted by Gasteiger charge is -2.41. The van der Waals surface area contributed by atoms with Crippen LogP contribution >= 0.6 is 0 Å². The van der Waals surface area contributed by atoms with Crippen molar-refractivity contribution in [2.45, 2.75) is 32.2 Å². The highest BCUT2D eigenvalue weighted by Gasteiger charge is 2.52. The molecule has 3 nitrogen and oxygen atoms in total. The number of rotatable bonds is 1. The standard InChI is InChI=1S/C10H13NO2/c1-6(2)9(12)11-8-5-3-4-7(8)10(11)13/h7-8H,1,3-5H2,2H3/t7-,8+/m0/s1. The Labute approximate surface area is 77.4 Å². The lowest BCUT2D eigenvalue weighted by molar-refractivity contribution is -0.162. The molecule has 70 valence electrons. The van der Waals surface area contributed by atoms with Gasteiger partial charge in [-0.15, -0.1) is 0 Å². The van der Waals surface area contributed by atoms with E-state index in [1.807, 2.05) is 0 Å². The summed E-state index contributed by atoms with van der Waals surface area (Å²) < 4.78 is 0. The fourth-order valence-corrected chi connectivity index (χ4v) is 2.25. The normalized spacial score (nSPS) is 31.2. The van der Waals surface area contributed by atoms with E-state index >= 15 is 0 Å². The topological polar surface area (TPSA) is 37.4 Å². The van der Waals surface area contributed by atoms with E-state index in [1.54, 1.807) is 6.92 Å². The maximum absolute atomic E-state index is 11.5. The Morgan fingerprint density at radius 3 is 2.85 bits per heavy atom. The molecule has 0 aromatic rings. The molecule has 1 aliphatic heterocycles. The first-order chi connectivity index (χ1) is 6.13. The molecule has 2 rings (SSSR count). The van der Waals surface area contributed by atoms with Gasteiger partial charge in [-0.05, 0) is 19.8 Å². The summed E-state index contributed by atoms with van der Waals surface area (Å²) in [5.74, 6) is -0.0352. The van der Waals surface area contributed by atoms with Gasteiger partial charge in [-0.25, -0.2) is 0 Å². The van der Waals surface area contributed by atoms with Crippen LogP contribution < -0.4 is 0 Å². The van der Waals surface area contributed by atoms with Gasteiger partial charge in [0.2, 0.25) is 5.91 Å². The minimum absolute atomic E-state index is 0.00972. The molecule has 0 aromatic carbocycles. The highest BCUT2D eigenvalue weighted by molar-refractivity contribution is 6.08. The van der Waals surface area contributed by atoms with Crippen molar-refractivity contribution in [3.05, 3.63) is 12.2 Å². The second-order valence-corrected chi connectivity index (χ2v) is 3.90. The molecule has 1 heterocycles. The summed E-state index contributed by atoms with van der Waals surface area (Å²) in [7, 11) is 0. The number of carbonyl (C=O) groups is 2. The number of likely N-dealkylation sites (tertiary alicyclic amines) is 1. The molecule has 0 radical (unpaired) electrons. The molecule has 2 atom stereocenters. The van der Waals surface area contributed by atoms with Crippen LogP contribution in [0.2, 0.25) is 0 Å². The Morgan fingerprint density at radius 2 is 2.23 bits per heavy atom. The predicted octanol–water partition coefficient (Wildman–Crippen LogP) is 1.10. The number of fused-ring (bicyclic) bond motifs is 1. The fraction of sp³-hybridized carbons (Fsp3) is 0.600. The van der Waals surface area contributed by atoms with E-state index in [0.29, 0.717) is 5.57 Å². The highest BCUT2D eigenvalue weighted by atomic mass is 16.2. The molecule has 0 spiro atoms. The van der Waals surface area contributed by atoms with Crippen LogP contribution in [0.5, 0.6) is 0 Å². The number of nitrogens with zero attached hydrogens (tertiary/aromatic N) is 1. The number of hydrogen-bond acceptors (Lipinski definition) is 2. The van der Waals surface area contributed by atoms with Crippen molar-refractivity contribution < 1.29 is 9.59 Å². The predicted molar refractivity (Wildman–Crippen MR) is 47.8 cm³/mol. The van der Waals surface area contributed by atoms with Gasteiger partial charge in [0.25, 0.3) is 5.91 Å². The third-order valence-electron chi connectivity index (χ3n) is 2.95. The van der Waals surface area contributed by atoms with Crippen LogP contribution in [0, 0.1) is 5.92 Å². The Hall–Kier alpha value is -1.12. The van der Waals surface area contributed by atoms with Crippen molar-refractivity contribution in [1.29, 1.82) is 0 Å². The molecule has 1 aliphatic carbocycles. The maximum atomic E-state index is 11.5. The van der Waals surface area contributed by atoms with Gasteiger partial charge in [0.15, 0.2) is 0 Å². The van der Waals surface area contributed by atoms with Gasteiger partial charge in [0.05, 0.1) is 12.0 Å². The zero-order chi connectivity index (χ0) is 9.59. The van der Waals surface area contributed by atoms with E-state index in [0.717, 1.165) is 19.3 Å². The first-order valence-electron chi connectivity index (χ1n) is 4.66. The fourth-order valence-electron chi connectivity index (χ4n) is 2.25. The van der Waals surface area contributed by atoms with Gasteiger partial charge in [-0.3, -0.25) is 14.5 Å². The summed E-state index contributed by atoms with van der Waals surface area (Å²) in [6.45, 7) is 5.21. The van der Waals surface area contributed by atoms with Crippen LogP contribution in [-0.4, -0.2) is 22.8 Å². The second kappa shape index (κ2) is 2.69. The SMILES string of the molecule is C=C(C)C(=O)N1C(=O)[C@H]2CCC[C@H]21. The molecule has 0 unspecified atom stereocenters. The van der Waals surface area contributed by atoms with Crippen molar-refractivity contribution >= 4 is 11.8 Å². The zero-order valence-corrected chi connectivity index (χ0v) is 7.75. The Balaban J connectivity index is 2.14. The van der Waals surface area contributed by atoms with Crippen LogP contribution in [0.1, 0.15) is 26.2 Å². The van der Waals surface area contributed by atoms with Gasteiger partial charge >= 0.3 is 0 Å². The third kappa shape index (κ3) is 1.03. The third-order valence-corrected chi connectivity index (χ3v) is 2.95. The van der Waals surface area contributed by atoms with E-state index in [-0.39, 0.29) is 23.8 Å². The molecule has 1 saturated heterocycles. The summed E-state index contributed by atoms with van der Waals surface area (Å²) in [6, 6.07) is 0.191. The van der Waals surface area contributed by atoms with Crippen LogP contribution in [0.4, 0.5) is 0 Å². The smallest absolute Gasteiger partial charge is 0.255 e. The molecule has 13 heavy (non-hydrogen) atoms. The molecule has 0 bridgehead atoms. The van der Waals surface area contributed by atoms with Crippen LogP contribution in [0.25, 0.3) is 0 Å². The Morgan fingerprint density at radius 1 is 1.54 bits per heavy atom. The Kier molecular flexibility index (Phi) is 1.75. The minimum Gasteiger partial charge on any atom is -0.275 e. The van der Waals surface area contributed by atoms with E-state index in [4.69, 9.17) is 0 Å². The van der Waals surface area contributed by atoms with E-state index in [9.17, 15) is 9.59 Å². The number of imide groups is 1. The molecule has 3 heteroatoms. The second-order valence-electron chi connectivity index (χ2n) is 3.90. The summed E-state index contributed by atoms with van der Waals surface area (Å²) in [5.41, 5.74) is 0.457. The van der Waals surface area contributed by atoms with Crippen molar-refractivity contribution in [3.8, 4) is 0 Å². The van der Waals surface area contributed by atoms with E-state index < -0.39 is 0 Å². The quantitative estimate of drug-likeness (QED) is 0.446. The summed E-state index contributed by atoms with van der Waals surface area (Å²) in [6.07, 6.45) is 3.01. The van der Waals surface area contributed by atoms with E-state index in [2.05, 4.69) is 6.58 Å². The van der Waals surface area contributed by atoms with Crippen LogP contribution in [0.15, 0.2) is 12.2 Å². The molecule has 2 fully saturated rings. The average Bonchev–Trinajstić information content (AvgIpc) is 2.48. The van der Waals surface area contributed by atoms with Gasteiger partial charge in [-0.1, -0.05) is 13.0 Å². The van der Waals surface area contributed by atoms with Crippen molar-refractivity contribution in [2.75, 3.05) is 0 Å². The molecule has 0 aromatic heterocycles. The van der Waals surface area contributed by atoms with E-state index in [1.165, 1.54) is 4.90 Å². The number of hydrogen-bond donors (Lipinski definition) is 0. The lowest BCUT2D eigenvalue weighted by Crippen LogP contribution is -2.60. The largest absolute Gasteiger partial charge is 0.275 e. The van der Waals surface area contributed by atoms with Crippen molar-refractivity contribution in [2.24, 2.45) is 5.92 Å². The van der Waals surface area contributed by atoms with Gasteiger partial charge in [-0.2, -0.15) is 0 Å². The average molecular weight is 179 g/mol. The number of carbonyl (C=O) groups excluding carboxylic acids is 2. The molecule has 1 saturated carbocycles. The maximum Gasteiger partial charge on any atom is 0.255 e. The summed E-state index contributed by atoms with van der Waals surface area (Å²) in [4.78, 5) is 24.3. The van der Waals surface area contributed by atoms with Gasteiger partial charge in [0, 0.05) is 5.57 Å². The highest BCUT2D eigenvalue weighted by Crippen LogP contribution is 2.40. The molecule has 2 amide bonds. The Bertz CT molecular complexity index is 295. The minimum atomic E-state index is -0.187. The summed E-state index contributed by atoms with van der Waals surface area (Å²) >= 11 is 0. The molecular weight excluding hydrogens is 166 g/mol. The lowest BCUT2D eigenvalue weighted by atomic mass is 9.90. The molecule has 2 aliphatic rings. The monoisotopic (exact) mass is 179 g/mol. The van der Waals surface area contributed by atoms with Crippen LogP contribution in [-0.2, 0) is 9.59 Å². The zero-order valence-electron chi connectivity index (χ0n) is 7.75. The molecular formula is C10H13NO2. The first kappa shape index (κ1) is 8.48. The first-order valence-corrected chi connectivity index (χ1v) is 4.66. The van der Waals surface area contributed by atoms with Gasteiger partial charge in [0.1, 0.15) is 0 Å². The van der Waals surface area contributed by atoms with Crippen molar-refractivity contribution in [1.82, 2.24) is 4.90 Å². The number of amides is 2. The van der Waals surface area contributed by atoms with Gasteiger partial charge < -0.3 is 0 Å². The van der Waals surface area contributed by atoms with Crippen LogP contribution in [0.3, 0.4) is 0 Å².